The van der Waals surface area contributed by atoms with Gasteiger partial charge in [-0.15, -0.1) is 11.3 Å². The van der Waals surface area contributed by atoms with Crippen LogP contribution in [0.5, 0.6) is 5.75 Å². The second-order valence-corrected chi connectivity index (χ2v) is 6.33. The first-order valence-electron chi connectivity index (χ1n) is 5.93. The van der Waals surface area contributed by atoms with E-state index in [9.17, 15) is 4.79 Å². The van der Waals surface area contributed by atoms with Gasteiger partial charge in [-0.05, 0) is 24.8 Å². The maximum Gasteiger partial charge on any atom is 0.265 e. The molecule has 1 amide bonds. The summed E-state index contributed by atoms with van der Waals surface area (Å²) >= 11 is 1.42. The van der Waals surface area contributed by atoms with E-state index in [2.05, 4.69) is 5.32 Å². The Morgan fingerprint density at radius 1 is 1.56 bits per heavy atom. The maximum atomic E-state index is 12.0. The Hall–Kier alpha value is -1.07. The van der Waals surface area contributed by atoms with Gasteiger partial charge in [0.25, 0.3) is 5.91 Å². The Kier molecular flexibility index (Phi) is 5.16. The van der Waals surface area contributed by atoms with E-state index in [0.717, 1.165) is 4.88 Å². The zero-order valence-electron chi connectivity index (χ0n) is 11.4. The van der Waals surface area contributed by atoms with Gasteiger partial charge in [0.15, 0.2) is 0 Å². The van der Waals surface area contributed by atoms with Crippen LogP contribution in [0, 0.1) is 12.3 Å². The summed E-state index contributed by atoms with van der Waals surface area (Å²) in [5.74, 6) is 0.505. The second kappa shape index (κ2) is 6.20. The number of aliphatic hydroxyl groups is 1. The number of hydrogen-bond acceptors (Lipinski definition) is 4. The number of ether oxygens (including phenoxy) is 1. The number of aliphatic hydroxyl groups excluding tert-OH is 1. The van der Waals surface area contributed by atoms with Gasteiger partial charge in [0, 0.05) is 18.0 Å². The Morgan fingerprint density at radius 3 is 2.78 bits per heavy atom. The van der Waals surface area contributed by atoms with Crippen molar-refractivity contribution in [3.8, 4) is 5.75 Å². The standard InChI is InChI=1S/C13H21NO3S/c1-9-7-10(17-4)11(18-9)12(16)14-8-13(2,3)5-6-15/h7,15H,5-6,8H2,1-4H3,(H,14,16). The summed E-state index contributed by atoms with van der Waals surface area (Å²) in [6, 6.07) is 1.86. The second-order valence-electron chi connectivity index (χ2n) is 5.08. The van der Waals surface area contributed by atoms with Crippen molar-refractivity contribution in [2.24, 2.45) is 5.41 Å². The zero-order valence-corrected chi connectivity index (χ0v) is 12.2. The molecule has 0 aliphatic heterocycles. The lowest BCUT2D eigenvalue weighted by Crippen LogP contribution is -2.34. The van der Waals surface area contributed by atoms with E-state index in [1.807, 2.05) is 26.8 Å². The van der Waals surface area contributed by atoms with E-state index in [1.165, 1.54) is 11.3 Å². The average molecular weight is 271 g/mol. The first kappa shape index (κ1) is 15.0. The monoisotopic (exact) mass is 271 g/mol. The summed E-state index contributed by atoms with van der Waals surface area (Å²) < 4.78 is 5.18. The van der Waals surface area contributed by atoms with E-state index >= 15 is 0 Å². The van der Waals surface area contributed by atoms with Crippen molar-refractivity contribution in [3.63, 3.8) is 0 Å². The van der Waals surface area contributed by atoms with Gasteiger partial charge >= 0.3 is 0 Å². The van der Waals surface area contributed by atoms with Crippen LogP contribution in [0.2, 0.25) is 0 Å². The largest absolute Gasteiger partial charge is 0.495 e. The highest BCUT2D eigenvalue weighted by atomic mass is 32.1. The number of hydrogen-bond donors (Lipinski definition) is 2. The van der Waals surface area contributed by atoms with Crippen LogP contribution in [-0.4, -0.2) is 31.3 Å². The van der Waals surface area contributed by atoms with Crippen molar-refractivity contribution in [1.29, 1.82) is 0 Å². The highest BCUT2D eigenvalue weighted by Gasteiger charge is 2.21. The fourth-order valence-corrected chi connectivity index (χ4v) is 2.49. The van der Waals surface area contributed by atoms with Gasteiger partial charge < -0.3 is 15.2 Å². The van der Waals surface area contributed by atoms with Gasteiger partial charge in [-0.25, -0.2) is 0 Å². The van der Waals surface area contributed by atoms with Gasteiger partial charge in [0.2, 0.25) is 0 Å². The molecule has 1 heterocycles. The summed E-state index contributed by atoms with van der Waals surface area (Å²) in [5, 5.41) is 11.8. The van der Waals surface area contributed by atoms with Crippen molar-refractivity contribution in [3.05, 3.63) is 15.8 Å². The summed E-state index contributed by atoms with van der Waals surface area (Å²) in [7, 11) is 1.56. The molecule has 0 spiro atoms. The number of carbonyl (C=O) groups is 1. The first-order valence-corrected chi connectivity index (χ1v) is 6.75. The number of nitrogens with one attached hydrogen (secondary N) is 1. The number of methoxy groups -OCH3 is 1. The molecule has 0 aliphatic rings. The third-order valence-electron chi connectivity index (χ3n) is 2.76. The van der Waals surface area contributed by atoms with Gasteiger partial charge in [-0.3, -0.25) is 4.79 Å². The summed E-state index contributed by atoms with van der Waals surface area (Å²) in [5.41, 5.74) is -0.107. The molecule has 2 N–H and O–H groups in total. The predicted molar refractivity (Wildman–Crippen MR) is 73.4 cm³/mol. The minimum Gasteiger partial charge on any atom is -0.495 e. The SMILES string of the molecule is COc1cc(C)sc1C(=O)NCC(C)(C)CCO. The van der Waals surface area contributed by atoms with E-state index in [-0.39, 0.29) is 17.9 Å². The normalized spacial score (nSPS) is 11.4. The van der Waals surface area contributed by atoms with E-state index in [1.54, 1.807) is 7.11 Å². The molecule has 0 bridgehead atoms. The molecule has 0 aromatic carbocycles. The molecular weight excluding hydrogens is 250 g/mol. The van der Waals surface area contributed by atoms with Crippen LogP contribution < -0.4 is 10.1 Å². The van der Waals surface area contributed by atoms with Crippen molar-refractivity contribution < 1.29 is 14.6 Å². The molecule has 0 aliphatic carbocycles. The topological polar surface area (TPSA) is 58.6 Å². The van der Waals surface area contributed by atoms with Gasteiger partial charge in [0.05, 0.1) is 7.11 Å². The summed E-state index contributed by atoms with van der Waals surface area (Å²) in [6.45, 7) is 6.64. The minimum absolute atomic E-state index is 0.107. The van der Waals surface area contributed by atoms with E-state index in [4.69, 9.17) is 9.84 Å². The van der Waals surface area contributed by atoms with Gasteiger partial charge in [-0.2, -0.15) is 0 Å². The molecule has 4 nitrogen and oxygen atoms in total. The number of carbonyl (C=O) groups excluding carboxylic acids is 1. The first-order chi connectivity index (χ1) is 8.39. The van der Waals surface area contributed by atoms with Crippen molar-refractivity contribution in [2.45, 2.75) is 27.2 Å². The maximum absolute atomic E-state index is 12.0. The van der Waals surface area contributed by atoms with Crippen LogP contribution >= 0.6 is 11.3 Å². The van der Waals surface area contributed by atoms with Crippen LogP contribution in [0.15, 0.2) is 6.07 Å². The molecule has 5 heteroatoms. The molecule has 1 aromatic heterocycles. The van der Waals surface area contributed by atoms with Crippen LogP contribution in [-0.2, 0) is 0 Å². The molecule has 0 saturated heterocycles. The lowest BCUT2D eigenvalue weighted by Gasteiger charge is -2.23. The molecule has 0 saturated carbocycles. The van der Waals surface area contributed by atoms with Gasteiger partial charge in [-0.1, -0.05) is 13.8 Å². The fraction of sp³-hybridized carbons (Fsp3) is 0.615. The Labute approximate surface area is 112 Å². The molecule has 0 unspecified atom stereocenters. The summed E-state index contributed by atoms with van der Waals surface area (Å²) in [6.07, 6.45) is 0.661. The number of thiophene rings is 1. The Bertz CT molecular complexity index is 412. The zero-order chi connectivity index (χ0) is 13.8. The number of aryl methyl sites for hydroxylation is 1. The van der Waals surface area contributed by atoms with E-state index < -0.39 is 0 Å². The number of rotatable bonds is 6. The summed E-state index contributed by atoms with van der Waals surface area (Å²) in [4.78, 5) is 13.7. The predicted octanol–water partition coefficient (Wildman–Crippen LogP) is 2.20. The number of amides is 1. The highest BCUT2D eigenvalue weighted by Crippen LogP contribution is 2.28. The smallest absolute Gasteiger partial charge is 0.265 e. The van der Waals surface area contributed by atoms with Crippen molar-refractivity contribution in [1.82, 2.24) is 5.32 Å². The molecular formula is C13H21NO3S. The Balaban J connectivity index is 2.65. The third-order valence-corrected chi connectivity index (χ3v) is 3.79. The van der Waals surface area contributed by atoms with E-state index in [0.29, 0.717) is 23.6 Å². The minimum atomic E-state index is -0.115. The van der Waals surface area contributed by atoms with Crippen molar-refractivity contribution in [2.75, 3.05) is 20.3 Å². The molecule has 0 atom stereocenters. The van der Waals surface area contributed by atoms with Crippen LogP contribution in [0.25, 0.3) is 0 Å². The molecule has 1 rings (SSSR count). The molecule has 0 fully saturated rings. The fourth-order valence-electron chi connectivity index (χ4n) is 1.59. The third kappa shape index (κ3) is 3.99. The van der Waals surface area contributed by atoms with Crippen LogP contribution in [0.1, 0.15) is 34.8 Å². The highest BCUT2D eigenvalue weighted by molar-refractivity contribution is 7.14. The van der Waals surface area contributed by atoms with Gasteiger partial charge in [0.1, 0.15) is 10.6 Å². The quantitative estimate of drug-likeness (QED) is 0.834. The lowest BCUT2D eigenvalue weighted by molar-refractivity contribution is 0.0929. The average Bonchev–Trinajstić information content (AvgIpc) is 2.67. The lowest BCUT2D eigenvalue weighted by atomic mass is 9.90. The van der Waals surface area contributed by atoms with Crippen LogP contribution in [0.3, 0.4) is 0 Å². The Morgan fingerprint density at radius 2 is 2.22 bits per heavy atom. The molecule has 0 radical (unpaired) electrons. The van der Waals surface area contributed by atoms with Crippen molar-refractivity contribution >= 4 is 17.2 Å². The molecule has 18 heavy (non-hydrogen) atoms. The molecule has 1 aromatic rings. The molecule has 102 valence electrons. The van der Waals surface area contributed by atoms with Crippen LogP contribution in [0.4, 0.5) is 0 Å².